The lowest BCUT2D eigenvalue weighted by Crippen LogP contribution is -2.59. The summed E-state index contributed by atoms with van der Waals surface area (Å²) in [6, 6.07) is 0. The molecule has 0 bridgehead atoms. The van der Waals surface area contributed by atoms with Crippen LogP contribution in [0.15, 0.2) is 24.3 Å². The van der Waals surface area contributed by atoms with Crippen LogP contribution in [0.25, 0.3) is 0 Å². The minimum absolute atomic E-state index is 0.213. The highest BCUT2D eigenvalue weighted by Gasteiger charge is 2.44. The van der Waals surface area contributed by atoms with Crippen molar-refractivity contribution in [2.75, 3.05) is 19.8 Å². The molecular formula is C53H98O10. The van der Waals surface area contributed by atoms with Crippen molar-refractivity contribution in [2.24, 2.45) is 0 Å². The molecule has 6 unspecified atom stereocenters. The molecule has 370 valence electrons. The largest absolute Gasteiger partial charge is 0.462 e. The van der Waals surface area contributed by atoms with Gasteiger partial charge in [0, 0.05) is 12.8 Å². The van der Waals surface area contributed by atoms with Crippen LogP contribution in [0.5, 0.6) is 0 Å². The number of rotatable bonds is 45. The van der Waals surface area contributed by atoms with Crippen LogP contribution in [-0.2, 0) is 28.5 Å². The fourth-order valence-electron chi connectivity index (χ4n) is 8.16. The van der Waals surface area contributed by atoms with E-state index in [0.717, 1.165) is 44.9 Å². The maximum atomic E-state index is 12.8. The van der Waals surface area contributed by atoms with E-state index in [4.69, 9.17) is 18.9 Å². The lowest BCUT2D eigenvalue weighted by Gasteiger charge is -2.39. The van der Waals surface area contributed by atoms with E-state index >= 15 is 0 Å². The van der Waals surface area contributed by atoms with Gasteiger partial charge in [-0.1, -0.05) is 212 Å². The van der Waals surface area contributed by atoms with Gasteiger partial charge in [0.05, 0.1) is 13.2 Å². The first-order chi connectivity index (χ1) is 30.8. The topological polar surface area (TPSA) is 152 Å². The van der Waals surface area contributed by atoms with E-state index in [0.29, 0.717) is 6.42 Å². The van der Waals surface area contributed by atoms with Gasteiger partial charge in [0.2, 0.25) is 0 Å². The van der Waals surface area contributed by atoms with E-state index < -0.39 is 49.4 Å². The summed E-state index contributed by atoms with van der Waals surface area (Å²) in [5, 5.41) is 40.2. The molecule has 1 fully saturated rings. The van der Waals surface area contributed by atoms with E-state index in [9.17, 15) is 30.0 Å². The molecule has 0 aliphatic carbocycles. The Hall–Kier alpha value is -1.82. The number of hydrogen-bond acceptors (Lipinski definition) is 10. The third-order valence-corrected chi connectivity index (χ3v) is 12.3. The summed E-state index contributed by atoms with van der Waals surface area (Å²) in [5.74, 6) is -0.796. The molecule has 1 aliphatic rings. The highest BCUT2D eigenvalue weighted by molar-refractivity contribution is 5.70. The van der Waals surface area contributed by atoms with Crippen molar-refractivity contribution >= 4 is 11.9 Å². The fourth-order valence-corrected chi connectivity index (χ4v) is 8.16. The van der Waals surface area contributed by atoms with Crippen LogP contribution in [-0.4, -0.2) is 89.0 Å². The summed E-state index contributed by atoms with van der Waals surface area (Å²) in [6.07, 6.45) is 43.3. The van der Waals surface area contributed by atoms with Gasteiger partial charge in [0.1, 0.15) is 31.0 Å². The van der Waals surface area contributed by atoms with Gasteiger partial charge in [0.25, 0.3) is 0 Å². The minimum atomic E-state index is -1.59. The number of hydrogen-bond donors (Lipinski definition) is 4. The zero-order valence-electron chi connectivity index (χ0n) is 40.6. The third kappa shape index (κ3) is 35.1. The normalized spacial score (nSPS) is 19.6. The zero-order chi connectivity index (χ0) is 45.9. The molecule has 10 nitrogen and oxygen atoms in total. The molecule has 0 aromatic heterocycles. The Morgan fingerprint density at radius 1 is 0.492 bits per heavy atom. The smallest absolute Gasteiger partial charge is 0.306 e. The van der Waals surface area contributed by atoms with E-state index in [1.807, 2.05) is 0 Å². The molecule has 6 atom stereocenters. The maximum Gasteiger partial charge on any atom is 0.306 e. The molecule has 0 aromatic rings. The molecule has 1 rings (SSSR count). The summed E-state index contributed by atoms with van der Waals surface area (Å²) in [5.41, 5.74) is 0. The number of carbonyl (C=O) groups is 2. The van der Waals surface area contributed by atoms with E-state index in [1.165, 1.54) is 167 Å². The van der Waals surface area contributed by atoms with Gasteiger partial charge >= 0.3 is 11.9 Å². The Morgan fingerprint density at radius 2 is 0.889 bits per heavy atom. The number of ether oxygens (including phenoxy) is 4. The maximum absolute atomic E-state index is 12.8. The Balaban J connectivity index is 2.23. The van der Waals surface area contributed by atoms with Crippen molar-refractivity contribution in [1.29, 1.82) is 0 Å². The minimum Gasteiger partial charge on any atom is -0.462 e. The second-order valence-corrected chi connectivity index (χ2v) is 18.3. The summed E-state index contributed by atoms with van der Waals surface area (Å²) in [4.78, 5) is 25.5. The monoisotopic (exact) mass is 895 g/mol. The van der Waals surface area contributed by atoms with E-state index in [-0.39, 0.29) is 32.0 Å². The number of esters is 2. The molecule has 0 aromatic carbocycles. The van der Waals surface area contributed by atoms with E-state index in [2.05, 4.69) is 38.2 Å². The van der Waals surface area contributed by atoms with Crippen molar-refractivity contribution < 1.29 is 49.0 Å². The summed E-state index contributed by atoms with van der Waals surface area (Å²) in [7, 11) is 0. The SMILES string of the molecule is CCCCCCC/C=C\C/C=C\CCCCCCCCCCCCCC(=O)OC(COC(=O)CCCCCCCCCCCCCCCCC)COC1OC(CO)C(O)C(O)C1O. The van der Waals surface area contributed by atoms with Crippen molar-refractivity contribution in [3.05, 3.63) is 24.3 Å². The van der Waals surface area contributed by atoms with Crippen LogP contribution < -0.4 is 0 Å². The predicted molar refractivity (Wildman–Crippen MR) is 256 cm³/mol. The Labute approximate surface area is 385 Å². The first-order valence-electron chi connectivity index (χ1n) is 26.4. The summed E-state index contributed by atoms with van der Waals surface area (Å²) < 4.78 is 22.3. The second kappa shape index (κ2) is 44.0. The summed E-state index contributed by atoms with van der Waals surface area (Å²) >= 11 is 0. The molecular weight excluding hydrogens is 797 g/mol. The van der Waals surface area contributed by atoms with Crippen molar-refractivity contribution in [1.82, 2.24) is 0 Å². The van der Waals surface area contributed by atoms with Gasteiger partial charge in [-0.25, -0.2) is 0 Å². The number of allylic oxidation sites excluding steroid dienone is 4. The van der Waals surface area contributed by atoms with Gasteiger partial charge in [-0.2, -0.15) is 0 Å². The molecule has 63 heavy (non-hydrogen) atoms. The highest BCUT2D eigenvalue weighted by atomic mass is 16.7. The molecule has 0 radical (unpaired) electrons. The van der Waals surface area contributed by atoms with Crippen molar-refractivity contribution in [3.8, 4) is 0 Å². The van der Waals surface area contributed by atoms with Crippen molar-refractivity contribution in [3.63, 3.8) is 0 Å². The lowest BCUT2D eigenvalue weighted by molar-refractivity contribution is -0.305. The average molecular weight is 895 g/mol. The average Bonchev–Trinajstić information content (AvgIpc) is 3.28. The molecule has 10 heteroatoms. The van der Waals surface area contributed by atoms with Crippen LogP contribution in [0.3, 0.4) is 0 Å². The standard InChI is InChI=1S/C53H98O10/c1-3-5-7-9-11-13-15-17-19-20-21-22-23-24-25-26-28-30-32-34-36-38-40-42-49(56)62-46(45-61-53-52(59)51(58)50(57)47(43-54)63-53)44-60-48(55)41-39-37-35-33-31-29-27-18-16-14-12-10-8-6-4-2/h15,17,20-21,46-47,50-54,57-59H,3-14,16,18-19,22-45H2,1-2H3/b17-15-,21-20-. The van der Waals surface area contributed by atoms with Gasteiger partial charge in [-0.3, -0.25) is 9.59 Å². The summed E-state index contributed by atoms with van der Waals surface area (Å²) in [6.45, 7) is 3.45. The first kappa shape index (κ1) is 59.2. The molecule has 4 N–H and O–H groups in total. The second-order valence-electron chi connectivity index (χ2n) is 18.3. The Morgan fingerprint density at radius 3 is 1.32 bits per heavy atom. The lowest BCUT2D eigenvalue weighted by atomic mass is 9.99. The van der Waals surface area contributed by atoms with Crippen LogP contribution in [0.1, 0.15) is 245 Å². The molecule has 1 saturated heterocycles. The quantitative estimate of drug-likeness (QED) is 0.0264. The number of carbonyl (C=O) groups excluding carboxylic acids is 2. The Bertz CT molecular complexity index is 1080. The number of aliphatic hydroxyl groups excluding tert-OH is 4. The van der Waals surface area contributed by atoms with Crippen LogP contribution in [0.4, 0.5) is 0 Å². The number of aliphatic hydroxyl groups is 4. The van der Waals surface area contributed by atoms with Crippen LogP contribution in [0.2, 0.25) is 0 Å². The predicted octanol–water partition coefficient (Wildman–Crippen LogP) is 12.5. The van der Waals surface area contributed by atoms with Gasteiger partial charge in [-0.15, -0.1) is 0 Å². The van der Waals surface area contributed by atoms with Crippen LogP contribution in [0, 0.1) is 0 Å². The van der Waals surface area contributed by atoms with Gasteiger partial charge in [0.15, 0.2) is 12.4 Å². The zero-order valence-corrected chi connectivity index (χ0v) is 40.6. The van der Waals surface area contributed by atoms with Crippen molar-refractivity contribution in [2.45, 2.75) is 282 Å². The number of unbranched alkanes of at least 4 members (excludes halogenated alkanes) is 30. The molecule has 0 amide bonds. The Kier molecular flexibility index (Phi) is 41.4. The van der Waals surface area contributed by atoms with Gasteiger partial charge in [-0.05, 0) is 44.9 Å². The molecule has 0 saturated carbocycles. The van der Waals surface area contributed by atoms with E-state index in [1.54, 1.807) is 0 Å². The highest BCUT2D eigenvalue weighted by Crippen LogP contribution is 2.23. The van der Waals surface area contributed by atoms with Crippen LogP contribution >= 0.6 is 0 Å². The fraction of sp³-hybridized carbons (Fsp3) is 0.887. The molecule has 1 aliphatic heterocycles. The molecule has 1 heterocycles. The van der Waals surface area contributed by atoms with Gasteiger partial charge < -0.3 is 39.4 Å². The third-order valence-electron chi connectivity index (χ3n) is 12.3. The molecule has 0 spiro atoms. The first-order valence-corrected chi connectivity index (χ1v) is 26.4.